The first kappa shape index (κ1) is 15.3. The third-order valence-corrected chi connectivity index (χ3v) is 4.52. The summed E-state index contributed by atoms with van der Waals surface area (Å²) in [6.07, 6.45) is 5.22. The summed E-state index contributed by atoms with van der Waals surface area (Å²) < 4.78 is 0. The molecule has 110 valence electrons. The van der Waals surface area contributed by atoms with Gasteiger partial charge < -0.3 is 15.5 Å². The van der Waals surface area contributed by atoms with Crippen molar-refractivity contribution in [3.63, 3.8) is 0 Å². The molecule has 0 spiro atoms. The van der Waals surface area contributed by atoms with Crippen molar-refractivity contribution in [3.8, 4) is 0 Å². The molecule has 0 saturated carbocycles. The van der Waals surface area contributed by atoms with Gasteiger partial charge in [-0.3, -0.25) is 0 Å². The van der Waals surface area contributed by atoms with Gasteiger partial charge in [0.05, 0.1) is 0 Å². The SMILES string of the molecule is CN(CCC1CCCCN1C)c1ccccc1C(N)=S. The van der Waals surface area contributed by atoms with Gasteiger partial charge in [0.15, 0.2) is 0 Å². The quantitative estimate of drug-likeness (QED) is 0.845. The zero-order valence-corrected chi connectivity index (χ0v) is 13.3. The van der Waals surface area contributed by atoms with E-state index in [0.717, 1.165) is 17.8 Å². The average Bonchev–Trinajstić information content (AvgIpc) is 2.46. The molecule has 4 heteroatoms. The number of hydrogen-bond acceptors (Lipinski definition) is 3. The molecule has 2 N–H and O–H groups in total. The Labute approximate surface area is 127 Å². The second-order valence-corrected chi connectivity index (χ2v) is 6.16. The molecule has 2 rings (SSSR count). The normalized spacial score (nSPS) is 19.8. The van der Waals surface area contributed by atoms with Crippen LogP contribution in [0.5, 0.6) is 0 Å². The zero-order valence-electron chi connectivity index (χ0n) is 12.5. The number of piperidine rings is 1. The van der Waals surface area contributed by atoms with E-state index in [1.165, 1.54) is 32.2 Å². The van der Waals surface area contributed by atoms with Crippen molar-refractivity contribution >= 4 is 22.9 Å². The molecule has 3 nitrogen and oxygen atoms in total. The molecule has 0 aliphatic carbocycles. The van der Waals surface area contributed by atoms with Crippen LogP contribution >= 0.6 is 12.2 Å². The van der Waals surface area contributed by atoms with Crippen LogP contribution in [0.25, 0.3) is 0 Å². The van der Waals surface area contributed by atoms with Crippen molar-refractivity contribution in [1.82, 2.24) is 4.90 Å². The van der Waals surface area contributed by atoms with E-state index in [1.807, 2.05) is 18.2 Å². The lowest BCUT2D eigenvalue weighted by molar-refractivity contribution is 0.178. The third-order valence-electron chi connectivity index (χ3n) is 4.30. The Morgan fingerprint density at radius 3 is 2.85 bits per heavy atom. The van der Waals surface area contributed by atoms with Gasteiger partial charge in [-0.15, -0.1) is 0 Å². The molecule has 1 atom stereocenters. The van der Waals surface area contributed by atoms with E-state index in [0.29, 0.717) is 11.0 Å². The highest BCUT2D eigenvalue weighted by atomic mass is 32.1. The van der Waals surface area contributed by atoms with Crippen molar-refractivity contribution in [2.45, 2.75) is 31.7 Å². The number of likely N-dealkylation sites (tertiary alicyclic amines) is 1. The van der Waals surface area contributed by atoms with E-state index in [4.69, 9.17) is 18.0 Å². The fourth-order valence-electron chi connectivity index (χ4n) is 2.99. The summed E-state index contributed by atoms with van der Waals surface area (Å²) in [5.74, 6) is 0. The minimum absolute atomic E-state index is 0.474. The maximum absolute atomic E-state index is 5.81. The Morgan fingerprint density at radius 2 is 2.15 bits per heavy atom. The first-order valence-corrected chi connectivity index (χ1v) is 7.80. The predicted octanol–water partition coefficient (Wildman–Crippen LogP) is 2.63. The van der Waals surface area contributed by atoms with Crippen LogP contribution < -0.4 is 10.6 Å². The van der Waals surface area contributed by atoms with Crippen molar-refractivity contribution in [1.29, 1.82) is 0 Å². The number of anilines is 1. The minimum atomic E-state index is 0.474. The number of thiocarbonyl (C=S) groups is 1. The Hall–Kier alpha value is -1.13. The van der Waals surface area contributed by atoms with Crippen LogP contribution in [0.1, 0.15) is 31.2 Å². The van der Waals surface area contributed by atoms with E-state index in [9.17, 15) is 0 Å². The number of para-hydroxylation sites is 1. The number of rotatable bonds is 5. The molecule has 0 radical (unpaired) electrons. The fourth-order valence-corrected chi connectivity index (χ4v) is 3.16. The van der Waals surface area contributed by atoms with Crippen LogP contribution in [0.2, 0.25) is 0 Å². The molecule has 1 heterocycles. The van der Waals surface area contributed by atoms with Crippen molar-refractivity contribution in [3.05, 3.63) is 29.8 Å². The summed E-state index contributed by atoms with van der Waals surface area (Å²) in [5, 5.41) is 0. The lowest BCUT2D eigenvalue weighted by Crippen LogP contribution is -2.38. The molecular formula is C16H25N3S. The van der Waals surface area contributed by atoms with Gasteiger partial charge >= 0.3 is 0 Å². The molecule has 1 aliphatic heterocycles. The Balaban J connectivity index is 1.98. The highest BCUT2D eigenvalue weighted by Gasteiger charge is 2.19. The molecule has 1 saturated heterocycles. The number of nitrogens with zero attached hydrogens (tertiary/aromatic N) is 2. The highest BCUT2D eigenvalue weighted by Crippen LogP contribution is 2.22. The van der Waals surface area contributed by atoms with Gasteiger partial charge in [-0.25, -0.2) is 0 Å². The highest BCUT2D eigenvalue weighted by molar-refractivity contribution is 7.80. The number of hydrogen-bond donors (Lipinski definition) is 1. The molecule has 0 amide bonds. The van der Waals surface area contributed by atoms with Crippen molar-refractivity contribution in [2.24, 2.45) is 5.73 Å². The van der Waals surface area contributed by atoms with Crippen LogP contribution in [-0.2, 0) is 0 Å². The Kier molecular flexibility index (Phi) is 5.38. The van der Waals surface area contributed by atoms with Gasteiger partial charge in [0, 0.05) is 30.9 Å². The molecule has 1 aromatic rings. The van der Waals surface area contributed by atoms with Gasteiger partial charge in [-0.05, 0) is 45.0 Å². The first-order valence-electron chi connectivity index (χ1n) is 7.40. The second-order valence-electron chi connectivity index (χ2n) is 5.72. The van der Waals surface area contributed by atoms with Crippen LogP contribution in [0, 0.1) is 0 Å². The van der Waals surface area contributed by atoms with Crippen molar-refractivity contribution in [2.75, 3.05) is 32.1 Å². The summed E-state index contributed by atoms with van der Waals surface area (Å²) in [6, 6.07) is 8.84. The molecule has 1 aromatic carbocycles. The van der Waals surface area contributed by atoms with Gasteiger partial charge in [0.2, 0.25) is 0 Å². The molecule has 1 aliphatic rings. The maximum atomic E-state index is 5.81. The fraction of sp³-hybridized carbons (Fsp3) is 0.562. The molecule has 1 unspecified atom stereocenters. The van der Waals surface area contributed by atoms with Crippen LogP contribution in [0.15, 0.2) is 24.3 Å². The van der Waals surface area contributed by atoms with Crippen molar-refractivity contribution < 1.29 is 0 Å². The Morgan fingerprint density at radius 1 is 1.40 bits per heavy atom. The van der Waals surface area contributed by atoms with E-state index >= 15 is 0 Å². The first-order chi connectivity index (χ1) is 9.59. The molecule has 0 aromatic heterocycles. The number of nitrogens with two attached hydrogens (primary N) is 1. The minimum Gasteiger partial charge on any atom is -0.389 e. The van der Waals surface area contributed by atoms with Crippen LogP contribution in [-0.4, -0.2) is 43.1 Å². The summed E-state index contributed by atoms with van der Waals surface area (Å²) in [7, 11) is 4.37. The molecule has 20 heavy (non-hydrogen) atoms. The molecule has 0 bridgehead atoms. The zero-order chi connectivity index (χ0) is 14.5. The Bertz CT molecular complexity index is 461. The van der Waals surface area contributed by atoms with Gasteiger partial charge in [-0.2, -0.15) is 0 Å². The van der Waals surface area contributed by atoms with E-state index in [1.54, 1.807) is 0 Å². The van der Waals surface area contributed by atoms with E-state index < -0.39 is 0 Å². The summed E-state index contributed by atoms with van der Waals surface area (Å²) in [4.78, 5) is 5.25. The van der Waals surface area contributed by atoms with Gasteiger partial charge in [0.1, 0.15) is 4.99 Å². The molecule has 1 fully saturated rings. The summed E-state index contributed by atoms with van der Waals surface area (Å²) in [6.45, 7) is 2.27. The summed E-state index contributed by atoms with van der Waals surface area (Å²) >= 11 is 5.14. The second kappa shape index (κ2) is 7.04. The standard InChI is InChI=1S/C16H25N3S/c1-18-11-6-5-7-13(18)10-12-19(2)15-9-4-3-8-14(15)16(17)20/h3-4,8-9,13H,5-7,10-12H2,1-2H3,(H2,17,20). The van der Waals surface area contributed by atoms with E-state index in [-0.39, 0.29) is 0 Å². The topological polar surface area (TPSA) is 32.5 Å². The lowest BCUT2D eigenvalue weighted by atomic mass is 10.00. The number of benzene rings is 1. The smallest absolute Gasteiger partial charge is 0.106 e. The maximum Gasteiger partial charge on any atom is 0.106 e. The van der Waals surface area contributed by atoms with Gasteiger partial charge in [-0.1, -0.05) is 30.8 Å². The average molecular weight is 291 g/mol. The third kappa shape index (κ3) is 3.70. The summed E-state index contributed by atoms with van der Waals surface area (Å²) in [5.41, 5.74) is 7.92. The van der Waals surface area contributed by atoms with Gasteiger partial charge in [0.25, 0.3) is 0 Å². The molecular weight excluding hydrogens is 266 g/mol. The monoisotopic (exact) mass is 291 g/mol. The van der Waals surface area contributed by atoms with Crippen LogP contribution in [0.3, 0.4) is 0 Å². The lowest BCUT2D eigenvalue weighted by Gasteiger charge is -2.34. The largest absolute Gasteiger partial charge is 0.389 e. The van der Waals surface area contributed by atoms with E-state index in [2.05, 4.69) is 30.0 Å². The predicted molar refractivity (Wildman–Crippen MR) is 90.5 cm³/mol. The van der Waals surface area contributed by atoms with Crippen LogP contribution in [0.4, 0.5) is 5.69 Å².